The van der Waals surface area contributed by atoms with E-state index in [1.165, 1.54) is 5.56 Å². The van der Waals surface area contributed by atoms with Crippen LogP contribution in [0.5, 0.6) is 5.75 Å². The second-order valence-electron chi connectivity index (χ2n) is 7.48. The number of nitrogens with zero attached hydrogens (tertiary/aromatic N) is 1. The Bertz CT molecular complexity index is 842. The zero-order chi connectivity index (χ0) is 21.3. The molecule has 1 N–H and O–H groups in total. The zero-order valence-electron chi connectivity index (χ0n) is 17.2. The summed E-state index contributed by atoms with van der Waals surface area (Å²) in [6, 6.07) is 13.8. The lowest BCUT2D eigenvalue weighted by Crippen LogP contribution is -2.40. The Kier molecular flexibility index (Phi) is 9.19. The maximum absolute atomic E-state index is 12.5. The quantitative estimate of drug-likeness (QED) is 0.511. The van der Waals surface area contributed by atoms with Crippen LogP contribution in [0.3, 0.4) is 0 Å². The van der Waals surface area contributed by atoms with E-state index < -0.39 is 0 Å². The highest BCUT2D eigenvalue weighted by atomic mass is 35.5. The third-order valence-corrected chi connectivity index (χ3v) is 6.91. The number of benzene rings is 2. The fraction of sp³-hybridized carbons (Fsp3) is 0.435. The van der Waals surface area contributed by atoms with E-state index in [1.54, 1.807) is 24.9 Å². The Hall–Kier alpha value is -1.40. The third kappa shape index (κ3) is 7.09. The number of amides is 1. The lowest BCUT2D eigenvalue weighted by Gasteiger charge is -2.31. The summed E-state index contributed by atoms with van der Waals surface area (Å²) in [6.45, 7) is 3.46. The second-order valence-corrected chi connectivity index (χ2v) is 9.43. The van der Waals surface area contributed by atoms with Gasteiger partial charge in [0.2, 0.25) is 5.91 Å². The smallest absolute Gasteiger partial charge is 0.223 e. The van der Waals surface area contributed by atoms with Crippen molar-refractivity contribution in [3.05, 3.63) is 63.6 Å². The van der Waals surface area contributed by atoms with Crippen molar-refractivity contribution in [2.75, 3.05) is 32.5 Å². The minimum absolute atomic E-state index is 0.113. The number of likely N-dealkylation sites (tertiary alicyclic amines) is 1. The normalized spacial score (nSPS) is 15.2. The predicted octanol–water partition coefficient (Wildman–Crippen LogP) is 5.26. The van der Waals surface area contributed by atoms with Crippen molar-refractivity contribution in [2.45, 2.75) is 25.1 Å². The molecule has 3 rings (SSSR count). The van der Waals surface area contributed by atoms with Crippen LogP contribution in [-0.2, 0) is 17.1 Å². The molecule has 162 valence electrons. The molecule has 0 saturated carbocycles. The van der Waals surface area contributed by atoms with Crippen molar-refractivity contribution in [3.8, 4) is 5.75 Å². The van der Waals surface area contributed by atoms with Gasteiger partial charge in [0.15, 0.2) is 0 Å². The molecule has 7 heteroatoms. The molecule has 1 saturated heterocycles. The second kappa shape index (κ2) is 11.8. The number of piperidine rings is 1. The molecule has 0 aliphatic carbocycles. The van der Waals surface area contributed by atoms with Crippen LogP contribution in [0.25, 0.3) is 0 Å². The summed E-state index contributed by atoms with van der Waals surface area (Å²) in [5.41, 5.74) is 2.32. The predicted molar refractivity (Wildman–Crippen MR) is 127 cm³/mol. The van der Waals surface area contributed by atoms with Gasteiger partial charge in [-0.05, 0) is 61.3 Å². The fourth-order valence-corrected chi connectivity index (χ4v) is 5.01. The molecule has 1 aliphatic rings. The molecule has 0 unspecified atom stereocenters. The molecular formula is C23H28Cl2N2O2S. The van der Waals surface area contributed by atoms with Gasteiger partial charge in [-0.3, -0.25) is 9.69 Å². The third-order valence-electron chi connectivity index (χ3n) is 5.32. The summed E-state index contributed by atoms with van der Waals surface area (Å²) in [4.78, 5) is 14.9. The van der Waals surface area contributed by atoms with Gasteiger partial charge in [0.25, 0.3) is 0 Å². The molecule has 1 heterocycles. The highest BCUT2D eigenvalue weighted by molar-refractivity contribution is 7.98. The molecule has 1 amide bonds. The Morgan fingerprint density at radius 2 is 2.00 bits per heavy atom. The number of hydrogen-bond acceptors (Lipinski definition) is 4. The number of hydrogen-bond donors (Lipinski definition) is 1. The van der Waals surface area contributed by atoms with Crippen molar-refractivity contribution in [3.63, 3.8) is 0 Å². The van der Waals surface area contributed by atoms with Crippen LogP contribution in [0.1, 0.15) is 24.0 Å². The van der Waals surface area contributed by atoms with Crippen molar-refractivity contribution in [1.82, 2.24) is 10.2 Å². The average Bonchev–Trinajstić information content (AvgIpc) is 2.75. The summed E-state index contributed by atoms with van der Waals surface area (Å²) in [7, 11) is 1.69. The van der Waals surface area contributed by atoms with Gasteiger partial charge >= 0.3 is 0 Å². The fourth-order valence-electron chi connectivity index (χ4n) is 3.59. The molecule has 0 bridgehead atoms. The Labute approximate surface area is 193 Å². The van der Waals surface area contributed by atoms with E-state index in [9.17, 15) is 4.79 Å². The molecule has 0 atom stereocenters. The number of carbonyl (C=O) groups is 1. The van der Waals surface area contributed by atoms with E-state index in [4.69, 9.17) is 27.9 Å². The first-order chi connectivity index (χ1) is 14.5. The Morgan fingerprint density at radius 3 is 2.73 bits per heavy atom. The highest BCUT2D eigenvalue weighted by Gasteiger charge is 2.24. The summed E-state index contributed by atoms with van der Waals surface area (Å²) in [6.07, 6.45) is 1.81. The van der Waals surface area contributed by atoms with E-state index >= 15 is 0 Å². The van der Waals surface area contributed by atoms with Gasteiger partial charge in [-0.25, -0.2) is 0 Å². The zero-order valence-corrected chi connectivity index (χ0v) is 19.5. The van der Waals surface area contributed by atoms with E-state index in [1.807, 2.05) is 24.3 Å². The topological polar surface area (TPSA) is 41.6 Å². The van der Waals surface area contributed by atoms with Gasteiger partial charge < -0.3 is 10.1 Å². The standard InChI is InChI=1S/C23H28Cl2N2O2S/c1-29-21-4-2-3-17(13-21)15-27-10-7-18(8-11-27)23(28)26-9-12-30-16-19-5-6-20(24)14-22(19)25/h2-6,13-14,18H,7-12,15-16H2,1H3,(H,26,28). The molecule has 4 nitrogen and oxygen atoms in total. The van der Waals surface area contributed by atoms with Crippen molar-refractivity contribution in [2.24, 2.45) is 5.92 Å². The number of methoxy groups -OCH3 is 1. The van der Waals surface area contributed by atoms with Gasteiger partial charge in [-0.1, -0.05) is 41.4 Å². The molecule has 0 aromatic heterocycles. The van der Waals surface area contributed by atoms with E-state index in [-0.39, 0.29) is 11.8 Å². The van der Waals surface area contributed by atoms with Crippen molar-refractivity contribution in [1.29, 1.82) is 0 Å². The number of thioether (sulfide) groups is 1. The summed E-state index contributed by atoms with van der Waals surface area (Å²) in [5, 5.41) is 4.44. The largest absolute Gasteiger partial charge is 0.497 e. The lowest BCUT2D eigenvalue weighted by molar-refractivity contribution is -0.126. The molecule has 2 aromatic carbocycles. The Balaban J connectivity index is 1.32. The van der Waals surface area contributed by atoms with Crippen LogP contribution in [0, 0.1) is 5.92 Å². The average molecular weight is 467 g/mol. The lowest BCUT2D eigenvalue weighted by atomic mass is 9.95. The van der Waals surface area contributed by atoms with Crippen LogP contribution < -0.4 is 10.1 Å². The van der Waals surface area contributed by atoms with Crippen LogP contribution in [-0.4, -0.2) is 43.3 Å². The van der Waals surface area contributed by atoms with Crippen LogP contribution in [0.4, 0.5) is 0 Å². The molecule has 30 heavy (non-hydrogen) atoms. The van der Waals surface area contributed by atoms with E-state index in [0.29, 0.717) is 16.6 Å². The molecule has 1 aliphatic heterocycles. The molecule has 0 spiro atoms. The number of nitrogens with one attached hydrogen (secondary N) is 1. The summed E-state index contributed by atoms with van der Waals surface area (Å²) >= 11 is 13.9. The molecule has 2 aromatic rings. The van der Waals surface area contributed by atoms with Gasteiger partial charge in [-0.2, -0.15) is 11.8 Å². The number of halogens is 2. The minimum Gasteiger partial charge on any atom is -0.497 e. The van der Waals surface area contributed by atoms with Gasteiger partial charge in [0.05, 0.1) is 7.11 Å². The maximum Gasteiger partial charge on any atom is 0.223 e. The van der Waals surface area contributed by atoms with Crippen LogP contribution in [0.15, 0.2) is 42.5 Å². The molecular weight excluding hydrogens is 439 g/mol. The highest BCUT2D eigenvalue weighted by Crippen LogP contribution is 2.25. The number of rotatable bonds is 9. The Morgan fingerprint density at radius 1 is 1.20 bits per heavy atom. The first-order valence-electron chi connectivity index (χ1n) is 10.2. The van der Waals surface area contributed by atoms with E-state index in [0.717, 1.165) is 55.3 Å². The monoisotopic (exact) mass is 466 g/mol. The van der Waals surface area contributed by atoms with Crippen molar-refractivity contribution >= 4 is 40.9 Å². The van der Waals surface area contributed by atoms with Crippen LogP contribution in [0.2, 0.25) is 10.0 Å². The molecule has 1 fully saturated rings. The SMILES string of the molecule is COc1cccc(CN2CCC(C(=O)NCCSCc3ccc(Cl)cc3Cl)CC2)c1. The number of carbonyl (C=O) groups excluding carboxylic acids is 1. The van der Waals surface area contributed by atoms with Crippen LogP contribution >= 0.6 is 35.0 Å². The maximum atomic E-state index is 12.5. The summed E-state index contributed by atoms with van der Waals surface area (Å²) < 4.78 is 5.30. The minimum atomic E-state index is 0.113. The molecule has 0 radical (unpaired) electrons. The first-order valence-corrected chi connectivity index (χ1v) is 12.1. The first kappa shape index (κ1) is 23.3. The van der Waals surface area contributed by atoms with Crippen molar-refractivity contribution < 1.29 is 9.53 Å². The summed E-state index contributed by atoms with van der Waals surface area (Å²) in [5.74, 6) is 2.86. The van der Waals surface area contributed by atoms with Gasteiger partial charge in [0.1, 0.15) is 5.75 Å². The van der Waals surface area contributed by atoms with Gasteiger partial charge in [0, 0.05) is 40.6 Å². The van der Waals surface area contributed by atoms with E-state index in [2.05, 4.69) is 22.3 Å². The van der Waals surface area contributed by atoms with Gasteiger partial charge in [-0.15, -0.1) is 0 Å². The number of ether oxygens (including phenoxy) is 1.